The predicted molar refractivity (Wildman–Crippen MR) is 58.5 cm³/mol. The fraction of sp³-hybridized carbons (Fsp3) is 0.273. The molecule has 1 aromatic carbocycles. The van der Waals surface area contributed by atoms with Gasteiger partial charge in [0.15, 0.2) is 0 Å². The smallest absolute Gasteiger partial charge is 0.224 e. The number of likely N-dealkylation sites (N-methyl/N-ethyl adjacent to an activating group) is 1. The van der Waals surface area contributed by atoms with Crippen molar-refractivity contribution in [2.75, 3.05) is 12.4 Å². The lowest BCUT2D eigenvalue weighted by Gasteiger charge is -2.03. The van der Waals surface area contributed by atoms with Gasteiger partial charge in [-0.3, -0.25) is 9.59 Å². The Hall–Kier alpha value is -1.84. The molecule has 0 aromatic heterocycles. The minimum Gasteiger partial charge on any atom is -0.359 e. The lowest BCUT2D eigenvalue weighted by atomic mass is 10.1. The first-order chi connectivity index (χ1) is 7.11. The van der Waals surface area contributed by atoms with Crippen molar-refractivity contribution in [2.45, 2.75) is 13.3 Å². The molecule has 4 heteroatoms. The average Bonchev–Trinajstić information content (AvgIpc) is 2.20. The van der Waals surface area contributed by atoms with Crippen molar-refractivity contribution in [3.63, 3.8) is 0 Å². The molecule has 0 saturated carbocycles. The van der Waals surface area contributed by atoms with E-state index in [1.54, 1.807) is 19.2 Å². The van der Waals surface area contributed by atoms with E-state index in [2.05, 4.69) is 10.6 Å². The molecule has 0 radical (unpaired) electrons. The third-order valence-electron chi connectivity index (χ3n) is 1.92. The molecule has 0 bridgehead atoms. The Labute approximate surface area is 88.7 Å². The molecule has 0 spiro atoms. The van der Waals surface area contributed by atoms with Crippen molar-refractivity contribution >= 4 is 17.5 Å². The van der Waals surface area contributed by atoms with Gasteiger partial charge in [-0.25, -0.2) is 0 Å². The highest BCUT2D eigenvalue weighted by Gasteiger charge is 2.01. The largest absolute Gasteiger partial charge is 0.359 e. The van der Waals surface area contributed by atoms with Gasteiger partial charge in [0.25, 0.3) is 0 Å². The Bertz CT molecular complexity index is 357. The highest BCUT2D eigenvalue weighted by Crippen LogP contribution is 2.09. The summed E-state index contributed by atoms with van der Waals surface area (Å²) >= 11 is 0. The normalized spacial score (nSPS) is 9.47. The van der Waals surface area contributed by atoms with Gasteiger partial charge in [0.1, 0.15) is 0 Å². The van der Waals surface area contributed by atoms with Crippen LogP contribution < -0.4 is 10.6 Å². The molecule has 1 rings (SSSR count). The number of nitrogens with one attached hydrogen (secondary N) is 2. The molecule has 0 fully saturated rings. The number of carbonyl (C=O) groups excluding carboxylic acids is 2. The van der Waals surface area contributed by atoms with Gasteiger partial charge in [-0.15, -0.1) is 0 Å². The first-order valence-corrected chi connectivity index (χ1v) is 4.69. The van der Waals surface area contributed by atoms with E-state index < -0.39 is 0 Å². The SMILES string of the molecule is CNC(=O)Cc1ccc(NC(C)=O)cc1. The highest BCUT2D eigenvalue weighted by atomic mass is 16.2. The minimum atomic E-state index is -0.103. The van der Waals surface area contributed by atoms with Crippen molar-refractivity contribution in [1.82, 2.24) is 5.32 Å². The fourth-order valence-corrected chi connectivity index (χ4v) is 1.18. The van der Waals surface area contributed by atoms with Crippen LogP contribution in [0.4, 0.5) is 5.69 Å². The van der Waals surface area contributed by atoms with Gasteiger partial charge in [0.2, 0.25) is 11.8 Å². The van der Waals surface area contributed by atoms with Crippen LogP contribution in [0.3, 0.4) is 0 Å². The first kappa shape index (κ1) is 11.2. The zero-order valence-electron chi connectivity index (χ0n) is 8.83. The van der Waals surface area contributed by atoms with Crippen LogP contribution in [0.1, 0.15) is 12.5 Å². The summed E-state index contributed by atoms with van der Waals surface area (Å²) in [5, 5.41) is 5.21. The van der Waals surface area contributed by atoms with Gasteiger partial charge in [-0.2, -0.15) is 0 Å². The van der Waals surface area contributed by atoms with Crippen LogP contribution in [0.25, 0.3) is 0 Å². The van der Waals surface area contributed by atoms with E-state index in [1.165, 1.54) is 6.92 Å². The summed E-state index contributed by atoms with van der Waals surface area (Å²) < 4.78 is 0. The predicted octanol–water partition coefficient (Wildman–Crippen LogP) is 0.933. The Morgan fingerprint density at radius 1 is 1.20 bits per heavy atom. The van der Waals surface area contributed by atoms with Crippen LogP contribution in [-0.4, -0.2) is 18.9 Å². The van der Waals surface area contributed by atoms with Crippen LogP contribution in [0.5, 0.6) is 0 Å². The van der Waals surface area contributed by atoms with E-state index in [0.29, 0.717) is 6.42 Å². The highest BCUT2D eigenvalue weighted by molar-refractivity contribution is 5.88. The van der Waals surface area contributed by atoms with E-state index >= 15 is 0 Å². The van der Waals surface area contributed by atoms with Crippen molar-refractivity contribution in [3.05, 3.63) is 29.8 Å². The van der Waals surface area contributed by atoms with Gasteiger partial charge >= 0.3 is 0 Å². The maximum atomic E-state index is 11.1. The molecule has 0 saturated heterocycles. The molecule has 80 valence electrons. The zero-order chi connectivity index (χ0) is 11.3. The maximum absolute atomic E-state index is 11.1. The second-order valence-electron chi connectivity index (χ2n) is 3.23. The summed E-state index contributed by atoms with van der Waals surface area (Å²) in [6.45, 7) is 1.46. The van der Waals surface area contributed by atoms with Gasteiger partial charge in [-0.05, 0) is 17.7 Å². The minimum absolute atomic E-state index is 0.0257. The fourth-order valence-electron chi connectivity index (χ4n) is 1.18. The molecule has 0 atom stereocenters. The number of hydrogen-bond donors (Lipinski definition) is 2. The van der Waals surface area contributed by atoms with Crippen molar-refractivity contribution in [1.29, 1.82) is 0 Å². The molecule has 0 aliphatic carbocycles. The van der Waals surface area contributed by atoms with E-state index in [1.807, 2.05) is 12.1 Å². The molecule has 2 amide bonds. The number of benzene rings is 1. The molecule has 2 N–H and O–H groups in total. The van der Waals surface area contributed by atoms with Crippen molar-refractivity contribution < 1.29 is 9.59 Å². The standard InChI is InChI=1S/C11H14N2O2/c1-8(14)13-10-5-3-9(4-6-10)7-11(15)12-2/h3-6H,7H2,1-2H3,(H,12,15)(H,13,14). The van der Waals surface area contributed by atoms with E-state index in [0.717, 1.165) is 11.3 Å². The molecular formula is C11H14N2O2. The quantitative estimate of drug-likeness (QED) is 0.773. The number of anilines is 1. The monoisotopic (exact) mass is 206 g/mol. The summed E-state index contributed by atoms with van der Waals surface area (Å²) in [4.78, 5) is 21.8. The summed E-state index contributed by atoms with van der Waals surface area (Å²) in [6.07, 6.45) is 0.358. The van der Waals surface area contributed by atoms with Crippen LogP contribution >= 0.6 is 0 Å². The summed E-state index contributed by atoms with van der Waals surface area (Å²) in [7, 11) is 1.61. The molecule has 1 aromatic rings. The van der Waals surface area contributed by atoms with Crippen LogP contribution in [0.15, 0.2) is 24.3 Å². The molecular weight excluding hydrogens is 192 g/mol. The first-order valence-electron chi connectivity index (χ1n) is 4.69. The molecule has 15 heavy (non-hydrogen) atoms. The summed E-state index contributed by atoms with van der Waals surface area (Å²) in [6, 6.07) is 7.19. The lowest BCUT2D eigenvalue weighted by Crippen LogP contribution is -2.19. The van der Waals surface area contributed by atoms with E-state index in [4.69, 9.17) is 0 Å². The average molecular weight is 206 g/mol. The second-order valence-corrected chi connectivity index (χ2v) is 3.23. The van der Waals surface area contributed by atoms with E-state index in [-0.39, 0.29) is 11.8 Å². The molecule has 0 aliphatic heterocycles. The maximum Gasteiger partial charge on any atom is 0.224 e. The topological polar surface area (TPSA) is 58.2 Å². The van der Waals surface area contributed by atoms with Crippen LogP contribution in [0.2, 0.25) is 0 Å². The van der Waals surface area contributed by atoms with Gasteiger partial charge in [-0.1, -0.05) is 12.1 Å². The van der Waals surface area contributed by atoms with Gasteiger partial charge < -0.3 is 10.6 Å². The third kappa shape index (κ3) is 3.81. The number of hydrogen-bond acceptors (Lipinski definition) is 2. The number of rotatable bonds is 3. The van der Waals surface area contributed by atoms with Crippen LogP contribution in [0, 0.1) is 0 Å². The summed E-state index contributed by atoms with van der Waals surface area (Å²) in [5.41, 5.74) is 1.66. The Kier molecular flexibility index (Phi) is 3.85. The molecule has 4 nitrogen and oxygen atoms in total. The summed E-state index contributed by atoms with van der Waals surface area (Å²) in [5.74, 6) is -0.128. The number of carbonyl (C=O) groups is 2. The van der Waals surface area contributed by atoms with Crippen molar-refractivity contribution in [3.8, 4) is 0 Å². The van der Waals surface area contributed by atoms with Crippen LogP contribution in [-0.2, 0) is 16.0 Å². The molecule has 0 unspecified atom stereocenters. The van der Waals surface area contributed by atoms with Gasteiger partial charge in [0, 0.05) is 19.7 Å². The van der Waals surface area contributed by atoms with E-state index in [9.17, 15) is 9.59 Å². The lowest BCUT2D eigenvalue weighted by molar-refractivity contribution is -0.120. The molecule has 0 aliphatic rings. The Morgan fingerprint density at radius 3 is 2.27 bits per heavy atom. The second kappa shape index (κ2) is 5.14. The van der Waals surface area contributed by atoms with Gasteiger partial charge in [0.05, 0.1) is 6.42 Å². The number of amides is 2. The Morgan fingerprint density at radius 2 is 1.80 bits per heavy atom. The Balaban J connectivity index is 2.64. The third-order valence-corrected chi connectivity index (χ3v) is 1.92. The zero-order valence-corrected chi connectivity index (χ0v) is 8.83. The van der Waals surface area contributed by atoms with Crippen molar-refractivity contribution in [2.24, 2.45) is 0 Å². The molecule has 0 heterocycles.